The highest BCUT2D eigenvalue weighted by molar-refractivity contribution is 4.89. The Morgan fingerprint density at radius 1 is 1.62 bits per heavy atom. The maximum atomic E-state index is 5.91. The smallest absolute Gasteiger partial charge is 0.0694 e. The van der Waals surface area contributed by atoms with Crippen LogP contribution in [0.15, 0.2) is 0 Å². The zero-order valence-corrected chi connectivity index (χ0v) is 9.39. The topological polar surface area (TPSA) is 21.3 Å². The fourth-order valence-corrected chi connectivity index (χ4v) is 2.11. The fraction of sp³-hybridized carbons (Fsp3) is 1.00. The van der Waals surface area contributed by atoms with Crippen LogP contribution in [-0.4, -0.2) is 25.3 Å². The third-order valence-electron chi connectivity index (χ3n) is 3.61. The van der Waals surface area contributed by atoms with Crippen molar-refractivity contribution in [1.29, 1.82) is 0 Å². The van der Waals surface area contributed by atoms with Crippen molar-refractivity contribution in [2.24, 2.45) is 5.92 Å². The summed E-state index contributed by atoms with van der Waals surface area (Å²) in [5, 5.41) is 3.36. The summed E-state index contributed by atoms with van der Waals surface area (Å²) in [7, 11) is 2.05. The third-order valence-corrected chi connectivity index (χ3v) is 3.61. The zero-order chi connectivity index (χ0) is 9.90. The van der Waals surface area contributed by atoms with Gasteiger partial charge in [0.25, 0.3) is 0 Å². The van der Waals surface area contributed by atoms with Gasteiger partial charge >= 0.3 is 0 Å². The van der Waals surface area contributed by atoms with Crippen molar-refractivity contribution in [3.05, 3.63) is 0 Å². The number of rotatable bonds is 3. The minimum atomic E-state index is 0.0979. The van der Waals surface area contributed by atoms with E-state index in [0.717, 1.165) is 19.4 Å². The lowest BCUT2D eigenvalue weighted by Crippen LogP contribution is -2.47. The Balaban J connectivity index is 2.56. The van der Waals surface area contributed by atoms with Gasteiger partial charge in [-0.05, 0) is 32.7 Å². The first kappa shape index (κ1) is 11.0. The Hall–Kier alpha value is -0.0800. The van der Waals surface area contributed by atoms with E-state index in [1.165, 1.54) is 6.42 Å². The number of ether oxygens (including phenoxy) is 1. The number of hydrogen-bond acceptors (Lipinski definition) is 2. The minimum Gasteiger partial charge on any atom is -0.375 e. The van der Waals surface area contributed by atoms with E-state index in [4.69, 9.17) is 4.74 Å². The third kappa shape index (κ3) is 2.44. The highest BCUT2D eigenvalue weighted by Gasteiger charge is 2.36. The molecule has 1 aliphatic heterocycles. The average molecular weight is 185 g/mol. The van der Waals surface area contributed by atoms with Crippen LogP contribution in [0.5, 0.6) is 0 Å². The molecule has 0 aromatic heterocycles. The standard InChI is InChI=1S/C11H23NO/c1-5-9(2)11(3)8-10(12-4)6-7-13-11/h9-10,12H,5-8H2,1-4H3. The van der Waals surface area contributed by atoms with Crippen molar-refractivity contribution < 1.29 is 4.74 Å². The lowest BCUT2D eigenvalue weighted by molar-refractivity contribution is -0.108. The van der Waals surface area contributed by atoms with Crippen molar-refractivity contribution in [1.82, 2.24) is 5.32 Å². The zero-order valence-electron chi connectivity index (χ0n) is 9.39. The van der Waals surface area contributed by atoms with Crippen LogP contribution in [0.3, 0.4) is 0 Å². The van der Waals surface area contributed by atoms with Gasteiger partial charge in [-0.3, -0.25) is 0 Å². The van der Waals surface area contributed by atoms with E-state index < -0.39 is 0 Å². The molecule has 0 spiro atoms. The molecule has 0 amide bonds. The Bertz CT molecular complexity index is 160. The molecule has 2 nitrogen and oxygen atoms in total. The molecule has 1 saturated heterocycles. The van der Waals surface area contributed by atoms with Gasteiger partial charge in [-0.1, -0.05) is 20.3 Å². The van der Waals surface area contributed by atoms with Crippen LogP contribution in [0.4, 0.5) is 0 Å². The molecule has 3 atom stereocenters. The van der Waals surface area contributed by atoms with E-state index in [9.17, 15) is 0 Å². The van der Waals surface area contributed by atoms with Crippen LogP contribution >= 0.6 is 0 Å². The van der Waals surface area contributed by atoms with Gasteiger partial charge in [0.2, 0.25) is 0 Å². The molecule has 1 fully saturated rings. The molecular weight excluding hydrogens is 162 g/mol. The van der Waals surface area contributed by atoms with E-state index in [1.54, 1.807) is 0 Å². The molecule has 1 heterocycles. The van der Waals surface area contributed by atoms with E-state index in [-0.39, 0.29) is 5.60 Å². The van der Waals surface area contributed by atoms with Gasteiger partial charge in [-0.2, -0.15) is 0 Å². The largest absolute Gasteiger partial charge is 0.375 e. The van der Waals surface area contributed by atoms with Gasteiger partial charge < -0.3 is 10.1 Å². The SMILES string of the molecule is CCC(C)C1(C)CC(NC)CCO1. The molecule has 0 aliphatic carbocycles. The highest BCUT2D eigenvalue weighted by atomic mass is 16.5. The summed E-state index contributed by atoms with van der Waals surface area (Å²) in [6, 6.07) is 0.646. The van der Waals surface area contributed by atoms with Crippen LogP contribution in [0.2, 0.25) is 0 Å². The normalized spacial score (nSPS) is 37.4. The number of nitrogens with one attached hydrogen (secondary N) is 1. The van der Waals surface area contributed by atoms with Crippen LogP contribution in [0.1, 0.15) is 40.0 Å². The van der Waals surface area contributed by atoms with Gasteiger partial charge in [0, 0.05) is 12.6 Å². The predicted octanol–water partition coefficient (Wildman–Crippen LogP) is 2.19. The quantitative estimate of drug-likeness (QED) is 0.727. The molecule has 0 bridgehead atoms. The Kier molecular flexibility index (Phi) is 3.74. The molecule has 0 aromatic carbocycles. The first-order valence-corrected chi connectivity index (χ1v) is 5.43. The molecule has 2 heteroatoms. The molecule has 0 radical (unpaired) electrons. The molecule has 1 N–H and O–H groups in total. The Morgan fingerprint density at radius 3 is 2.85 bits per heavy atom. The van der Waals surface area contributed by atoms with Gasteiger partial charge in [-0.25, -0.2) is 0 Å². The molecule has 1 rings (SSSR count). The van der Waals surface area contributed by atoms with E-state index >= 15 is 0 Å². The van der Waals surface area contributed by atoms with Gasteiger partial charge in [-0.15, -0.1) is 0 Å². The van der Waals surface area contributed by atoms with E-state index in [2.05, 4.69) is 26.1 Å². The van der Waals surface area contributed by atoms with Crippen LogP contribution in [-0.2, 0) is 4.74 Å². The highest BCUT2D eigenvalue weighted by Crippen LogP contribution is 2.33. The summed E-state index contributed by atoms with van der Waals surface area (Å²) in [6.07, 6.45) is 3.51. The summed E-state index contributed by atoms with van der Waals surface area (Å²) in [4.78, 5) is 0. The maximum Gasteiger partial charge on any atom is 0.0694 e. The monoisotopic (exact) mass is 185 g/mol. The van der Waals surface area contributed by atoms with E-state index in [1.807, 2.05) is 7.05 Å². The molecule has 78 valence electrons. The molecular formula is C11H23NO. The number of hydrogen-bond donors (Lipinski definition) is 1. The minimum absolute atomic E-state index is 0.0979. The Labute approximate surface area is 82.0 Å². The molecule has 1 aliphatic rings. The molecule has 13 heavy (non-hydrogen) atoms. The van der Waals surface area contributed by atoms with Crippen molar-refractivity contribution in [2.75, 3.05) is 13.7 Å². The average Bonchev–Trinajstić information content (AvgIpc) is 2.16. The second-order valence-corrected chi connectivity index (χ2v) is 4.45. The van der Waals surface area contributed by atoms with Crippen molar-refractivity contribution >= 4 is 0 Å². The predicted molar refractivity (Wildman–Crippen MR) is 55.9 cm³/mol. The second-order valence-electron chi connectivity index (χ2n) is 4.45. The van der Waals surface area contributed by atoms with Gasteiger partial charge in [0.1, 0.15) is 0 Å². The van der Waals surface area contributed by atoms with E-state index in [0.29, 0.717) is 12.0 Å². The summed E-state index contributed by atoms with van der Waals surface area (Å²) in [5.41, 5.74) is 0.0979. The summed E-state index contributed by atoms with van der Waals surface area (Å²) in [6.45, 7) is 7.69. The molecule has 0 aromatic rings. The first-order chi connectivity index (χ1) is 6.12. The molecule has 3 unspecified atom stereocenters. The summed E-state index contributed by atoms with van der Waals surface area (Å²) < 4.78 is 5.91. The molecule has 0 saturated carbocycles. The fourth-order valence-electron chi connectivity index (χ4n) is 2.11. The lowest BCUT2D eigenvalue weighted by Gasteiger charge is -2.42. The van der Waals surface area contributed by atoms with Crippen LogP contribution in [0.25, 0.3) is 0 Å². The maximum absolute atomic E-state index is 5.91. The van der Waals surface area contributed by atoms with Crippen molar-refractivity contribution in [3.8, 4) is 0 Å². The van der Waals surface area contributed by atoms with Crippen molar-refractivity contribution in [2.45, 2.75) is 51.7 Å². The Morgan fingerprint density at radius 2 is 2.31 bits per heavy atom. The van der Waals surface area contributed by atoms with Crippen LogP contribution < -0.4 is 5.32 Å². The van der Waals surface area contributed by atoms with Gasteiger partial charge in [0.05, 0.1) is 5.60 Å². The summed E-state index contributed by atoms with van der Waals surface area (Å²) in [5.74, 6) is 0.656. The van der Waals surface area contributed by atoms with Crippen LogP contribution in [0, 0.1) is 5.92 Å². The second kappa shape index (κ2) is 4.43. The first-order valence-electron chi connectivity index (χ1n) is 5.43. The summed E-state index contributed by atoms with van der Waals surface area (Å²) >= 11 is 0. The lowest BCUT2D eigenvalue weighted by atomic mass is 9.81. The van der Waals surface area contributed by atoms with Crippen molar-refractivity contribution in [3.63, 3.8) is 0 Å². The van der Waals surface area contributed by atoms with Gasteiger partial charge in [0.15, 0.2) is 0 Å².